The zero-order valence-electron chi connectivity index (χ0n) is 17.4. The number of carbonyl (C=O) groups excluding carboxylic acids is 4. The van der Waals surface area contributed by atoms with Gasteiger partial charge in [-0.05, 0) is 55.3 Å². The SMILES string of the molecule is CC(=O)N(C)c1ccc(NC(=O)c2ccc3c(c2)C(=O)N(CC2CCCO2)C3=O)cc1. The van der Waals surface area contributed by atoms with E-state index in [1.54, 1.807) is 31.3 Å². The highest BCUT2D eigenvalue weighted by molar-refractivity contribution is 6.22. The number of benzene rings is 2. The second-order valence-electron chi connectivity index (χ2n) is 7.70. The van der Waals surface area contributed by atoms with Crippen LogP contribution in [0.1, 0.15) is 50.8 Å². The van der Waals surface area contributed by atoms with E-state index >= 15 is 0 Å². The van der Waals surface area contributed by atoms with Gasteiger partial charge >= 0.3 is 0 Å². The first-order valence-electron chi connectivity index (χ1n) is 10.1. The summed E-state index contributed by atoms with van der Waals surface area (Å²) in [6.07, 6.45) is 1.61. The quantitative estimate of drug-likeness (QED) is 0.749. The van der Waals surface area contributed by atoms with E-state index in [1.165, 1.54) is 34.9 Å². The van der Waals surface area contributed by atoms with Crippen LogP contribution in [0.15, 0.2) is 42.5 Å². The fourth-order valence-electron chi connectivity index (χ4n) is 3.74. The van der Waals surface area contributed by atoms with Crippen LogP contribution in [0.2, 0.25) is 0 Å². The van der Waals surface area contributed by atoms with Gasteiger partial charge in [-0.1, -0.05) is 0 Å². The number of amides is 4. The van der Waals surface area contributed by atoms with Gasteiger partial charge < -0.3 is 15.0 Å². The molecule has 4 amide bonds. The number of hydrogen-bond acceptors (Lipinski definition) is 5. The first-order valence-corrected chi connectivity index (χ1v) is 10.1. The fraction of sp³-hybridized carbons (Fsp3) is 0.304. The monoisotopic (exact) mass is 421 g/mol. The number of nitrogens with one attached hydrogen (secondary N) is 1. The third-order valence-electron chi connectivity index (χ3n) is 5.63. The molecule has 0 bridgehead atoms. The topological polar surface area (TPSA) is 96.0 Å². The molecular weight excluding hydrogens is 398 g/mol. The van der Waals surface area contributed by atoms with Crippen molar-refractivity contribution in [1.29, 1.82) is 0 Å². The number of fused-ring (bicyclic) bond motifs is 1. The van der Waals surface area contributed by atoms with E-state index in [1.807, 2.05) is 0 Å². The molecule has 1 atom stereocenters. The molecule has 2 aromatic rings. The second-order valence-corrected chi connectivity index (χ2v) is 7.70. The number of hydrogen-bond donors (Lipinski definition) is 1. The molecule has 8 nitrogen and oxygen atoms in total. The summed E-state index contributed by atoms with van der Waals surface area (Å²) >= 11 is 0. The van der Waals surface area contributed by atoms with Crippen LogP contribution in [0, 0.1) is 0 Å². The van der Waals surface area contributed by atoms with Crippen molar-refractivity contribution in [3.8, 4) is 0 Å². The lowest BCUT2D eigenvalue weighted by molar-refractivity contribution is -0.116. The van der Waals surface area contributed by atoms with Crippen LogP contribution in [-0.2, 0) is 9.53 Å². The minimum absolute atomic E-state index is 0.0947. The lowest BCUT2D eigenvalue weighted by Gasteiger charge is -2.17. The van der Waals surface area contributed by atoms with Crippen molar-refractivity contribution in [2.45, 2.75) is 25.9 Å². The summed E-state index contributed by atoms with van der Waals surface area (Å²) < 4.78 is 5.54. The minimum atomic E-state index is -0.401. The highest BCUT2D eigenvalue weighted by Gasteiger charge is 2.37. The summed E-state index contributed by atoms with van der Waals surface area (Å²) in [5.74, 6) is -1.25. The first-order chi connectivity index (χ1) is 14.8. The third-order valence-corrected chi connectivity index (χ3v) is 5.63. The van der Waals surface area contributed by atoms with E-state index in [-0.39, 0.29) is 35.6 Å². The van der Waals surface area contributed by atoms with Crippen LogP contribution in [-0.4, -0.2) is 54.8 Å². The molecule has 0 spiro atoms. The molecule has 160 valence electrons. The molecule has 0 aliphatic carbocycles. The number of anilines is 2. The average Bonchev–Trinajstić information content (AvgIpc) is 3.36. The van der Waals surface area contributed by atoms with Crippen molar-refractivity contribution in [1.82, 2.24) is 4.90 Å². The van der Waals surface area contributed by atoms with Crippen molar-refractivity contribution in [3.63, 3.8) is 0 Å². The van der Waals surface area contributed by atoms with Gasteiger partial charge in [0, 0.05) is 37.5 Å². The number of ether oxygens (including phenoxy) is 1. The van der Waals surface area contributed by atoms with Gasteiger partial charge in [0.15, 0.2) is 0 Å². The van der Waals surface area contributed by atoms with Gasteiger partial charge in [-0.15, -0.1) is 0 Å². The first kappa shape index (κ1) is 20.7. The van der Waals surface area contributed by atoms with Crippen molar-refractivity contribution >= 4 is 35.0 Å². The zero-order chi connectivity index (χ0) is 22.1. The van der Waals surface area contributed by atoms with Crippen molar-refractivity contribution < 1.29 is 23.9 Å². The molecule has 31 heavy (non-hydrogen) atoms. The Morgan fingerprint density at radius 3 is 2.45 bits per heavy atom. The van der Waals surface area contributed by atoms with Gasteiger partial charge in [0.2, 0.25) is 5.91 Å². The van der Waals surface area contributed by atoms with E-state index < -0.39 is 11.8 Å². The normalized spacial score (nSPS) is 17.6. The zero-order valence-corrected chi connectivity index (χ0v) is 17.4. The molecule has 0 aromatic heterocycles. The Labute approximate surface area is 179 Å². The minimum Gasteiger partial charge on any atom is -0.376 e. The standard InChI is InChI=1S/C23H23N3O5/c1-14(27)25(2)17-8-6-16(7-9-17)24-21(28)15-5-10-19-20(12-15)23(30)26(22(19)29)13-18-4-3-11-31-18/h5-10,12,18H,3-4,11,13H2,1-2H3,(H,24,28). The van der Waals surface area contributed by atoms with E-state index in [4.69, 9.17) is 4.74 Å². The van der Waals surface area contributed by atoms with Crippen LogP contribution in [0.3, 0.4) is 0 Å². The predicted molar refractivity (Wildman–Crippen MR) is 114 cm³/mol. The molecule has 1 N–H and O–H groups in total. The maximum Gasteiger partial charge on any atom is 0.261 e. The van der Waals surface area contributed by atoms with Crippen molar-refractivity contribution in [2.24, 2.45) is 0 Å². The summed E-state index contributed by atoms with van der Waals surface area (Å²) in [6.45, 7) is 2.34. The molecule has 1 unspecified atom stereocenters. The largest absolute Gasteiger partial charge is 0.376 e. The molecule has 2 heterocycles. The molecule has 0 saturated carbocycles. The van der Waals surface area contributed by atoms with Crippen LogP contribution < -0.4 is 10.2 Å². The summed E-state index contributed by atoms with van der Waals surface area (Å²) in [5.41, 5.74) is 2.07. The highest BCUT2D eigenvalue weighted by Crippen LogP contribution is 2.26. The molecule has 2 aromatic carbocycles. The Balaban J connectivity index is 1.47. The second kappa shape index (κ2) is 8.31. The van der Waals surface area contributed by atoms with E-state index in [0.29, 0.717) is 23.5 Å². The number of carbonyl (C=O) groups is 4. The van der Waals surface area contributed by atoms with Crippen LogP contribution in [0.5, 0.6) is 0 Å². The van der Waals surface area contributed by atoms with E-state index in [9.17, 15) is 19.2 Å². The molecule has 2 aliphatic heterocycles. The summed E-state index contributed by atoms with van der Waals surface area (Å²) in [6, 6.07) is 11.3. The fourth-order valence-corrected chi connectivity index (χ4v) is 3.74. The molecule has 4 rings (SSSR count). The predicted octanol–water partition coefficient (Wildman–Crippen LogP) is 2.70. The Hall–Kier alpha value is -3.52. The van der Waals surface area contributed by atoms with Gasteiger partial charge in [0.05, 0.1) is 23.8 Å². The number of rotatable bonds is 5. The molecule has 2 aliphatic rings. The average molecular weight is 421 g/mol. The molecule has 8 heteroatoms. The number of nitrogens with zero attached hydrogens (tertiary/aromatic N) is 2. The summed E-state index contributed by atoms with van der Waals surface area (Å²) in [5, 5.41) is 2.77. The van der Waals surface area contributed by atoms with Crippen LogP contribution >= 0.6 is 0 Å². The number of imide groups is 1. The smallest absolute Gasteiger partial charge is 0.261 e. The Morgan fingerprint density at radius 1 is 1.10 bits per heavy atom. The maximum atomic E-state index is 12.8. The maximum absolute atomic E-state index is 12.8. The van der Waals surface area contributed by atoms with Crippen LogP contribution in [0.25, 0.3) is 0 Å². The van der Waals surface area contributed by atoms with Crippen molar-refractivity contribution in [3.05, 3.63) is 59.2 Å². The molecule has 0 radical (unpaired) electrons. The molecule has 1 saturated heterocycles. The van der Waals surface area contributed by atoms with Gasteiger partial charge in [0.25, 0.3) is 17.7 Å². The van der Waals surface area contributed by atoms with Gasteiger partial charge in [-0.3, -0.25) is 24.1 Å². The van der Waals surface area contributed by atoms with Gasteiger partial charge in [-0.2, -0.15) is 0 Å². The Kier molecular flexibility index (Phi) is 5.56. The van der Waals surface area contributed by atoms with Gasteiger partial charge in [-0.25, -0.2) is 0 Å². The molecular formula is C23H23N3O5. The van der Waals surface area contributed by atoms with E-state index in [0.717, 1.165) is 12.8 Å². The lowest BCUT2D eigenvalue weighted by Crippen LogP contribution is -2.36. The lowest BCUT2D eigenvalue weighted by atomic mass is 10.1. The summed E-state index contributed by atoms with van der Waals surface area (Å²) in [4.78, 5) is 52.2. The Morgan fingerprint density at radius 2 is 1.81 bits per heavy atom. The summed E-state index contributed by atoms with van der Waals surface area (Å²) in [7, 11) is 1.67. The van der Waals surface area contributed by atoms with E-state index in [2.05, 4.69) is 5.32 Å². The van der Waals surface area contributed by atoms with Gasteiger partial charge in [0.1, 0.15) is 0 Å². The Bertz CT molecular complexity index is 1060. The van der Waals surface area contributed by atoms with Crippen molar-refractivity contribution in [2.75, 3.05) is 30.4 Å². The molecule has 1 fully saturated rings. The van der Waals surface area contributed by atoms with Crippen LogP contribution in [0.4, 0.5) is 11.4 Å². The highest BCUT2D eigenvalue weighted by atomic mass is 16.5. The third kappa shape index (κ3) is 4.06.